The molecule has 1 aliphatic heterocycles. The number of ether oxygens (including phenoxy) is 1. The maximum Gasteiger partial charge on any atom is 0.254 e. The monoisotopic (exact) mass is 379 g/mol. The highest BCUT2D eigenvalue weighted by atomic mass is 16.5. The first kappa shape index (κ1) is 19.6. The number of hydrogen-bond acceptors (Lipinski definition) is 4. The number of likely N-dealkylation sites (N-methyl/N-ethyl adjacent to an activating group) is 1. The zero-order valence-corrected chi connectivity index (χ0v) is 16.2. The van der Waals surface area contributed by atoms with Gasteiger partial charge in [-0.3, -0.25) is 9.59 Å². The molecule has 0 aromatic heterocycles. The van der Waals surface area contributed by atoms with Crippen molar-refractivity contribution >= 4 is 23.6 Å². The number of methoxy groups -OCH3 is 1. The van der Waals surface area contributed by atoms with Crippen molar-refractivity contribution in [3.05, 3.63) is 65.7 Å². The fraction of sp³-hybridized carbons (Fsp3) is 0.273. The lowest BCUT2D eigenvalue weighted by Gasteiger charge is -2.32. The van der Waals surface area contributed by atoms with Gasteiger partial charge in [0.2, 0.25) is 5.91 Å². The maximum atomic E-state index is 12.7. The molecule has 0 saturated carbocycles. The number of anilines is 1. The second kappa shape index (κ2) is 9.19. The van der Waals surface area contributed by atoms with Gasteiger partial charge in [-0.1, -0.05) is 24.3 Å². The second-order valence-electron chi connectivity index (χ2n) is 6.74. The van der Waals surface area contributed by atoms with Crippen molar-refractivity contribution in [2.45, 2.75) is 0 Å². The average molecular weight is 379 g/mol. The Balaban J connectivity index is 1.64. The van der Waals surface area contributed by atoms with E-state index in [0.29, 0.717) is 30.1 Å². The lowest BCUT2D eigenvalue weighted by atomic mass is 10.1. The summed E-state index contributed by atoms with van der Waals surface area (Å²) in [6.07, 6.45) is 3.15. The highest BCUT2D eigenvalue weighted by Crippen LogP contribution is 2.19. The number of carbonyl (C=O) groups is 2. The number of carbonyl (C=O) groups excluding carboxylic acids is 2. The van der Waals surface area contributed by atoms with Crippen molar-refractivity contribution in [1.82, 2.24) is 9.80 Å². The van der Waals surface area contributed by atoms with Crippen LogP contribution in [0.1, 0.15) is 15.9 Å². The molecule has 6 heteroatoms. The summed E-state index contributed by atoms with van der Waals surface area (Å²) in [7, 11) is 3.64. The van der Waals surface area contributed by atoms with Gasteiger partial charge in [-0.15, -0.1) is 0 Å². The topological polar surface area (TPSA) is 61.9 Å². The fourth-order valence-corrected chi connectivity index (χ4v) is 3.08. The Morgan fingerprint density at radius 2 is 1.79 bits per heavy atom. The third-order valence-corrected chi connectivity index (χ3v) is 4.72. The summed E-state index contributed by atoms with van der Waals surface area (Å²) >= 11 is 0. The zero-order chi connectivity index (χ0) is 19.9. The molecule has 2 aromatic carbocycles. The predicted molar refractivity (Wildman–Crippen MR) is 111 cm³/mol. The van der Waals surface area contributed by atoms with Crippen LogP contribution in [0.3, 0.4) is 0 Å². The molecular formula is C22H25N3O3. The molecule has 1 heterocycles. The van der Waals surface area contributed by atoms with Crippen LogP contribution in [0.15, 0.2) is 54.6 Å². The van der Waals surface area contributed by atoms with Crippen LogP contribution in [0, 0.1) is 0 Å². The van der Waals surface area contributed by atoms with Crippen LogP contribution in [0.4, 0.5) is 5.69 Å². The first-order valence-corrected chi connectivity index (χ1v) is 9.27. The van der Waals surface area contributed by atoms with Crippen molar-refractivity contribution in [3.8, 4) is 5.75 Å². The zero-order valence-electron chi connectivity index (χ0n) is 16.2. The fourth-order valence-electron chi connectivity index (χ4n) is 3.08. The number of piperazine rings is 1. The summed E-state index contributed by atoms with van der Waals surface area (Å²) < 4.78 is 5.27. The molecule has 1 N–H and O–H groups in total. The predicted octanol–water partition coefficient (Wildman–Crippen LogP) is 2.73. The lowest BCUT2D eigenvalue weighted by Crippen LogP contribution is -2.47. The third kappa shape index (κ3) is 4.98. The van der Waals surface area contributed by atoms with Crippen LogP contribution in [0.25, 0.3) is 6.08 Å². The highest BCUT2D eigenvalue weighted by molar-refractivity contribution is 6.03. The van der Waals surface area contributed by atoms with Crippen molar-refractivity contribution in [3.63, 3.8) is 0 Å². The van der Waals surface area contributed by atoms with Gasteiger partial charge in [0, 0.05) is 49.1 Å². The van der Waals surface area contributed by atoms with Crippen LogP contribution < -0.4 is 10.1 Å². The van der Waals surface area contributed by atoms with Crippen LogP contribution in [0.2, 0.25) is 0 Å². The summed E-state index contributed by atoms with van der Waals surface area (Å²) in [6, 6.07) is 14.5. The van der Waals surface area contributed by atoms with E-state index in [1.54, 1.807) is 37.5 Å². The Hall–Kier alpha value is -3.12. The minimum atomic E-state index is -0.268. The molecule has 6 nitrogen and oxygen atoms in total. The van der Waals surface area contributed by atoms with E-state index < -0.39 is 0 Å². The lowest BCUT2D eigenvalue weighted by molar-refractivity contribution is -0.111. The van der Waals surface area contributed by atoms with E-state index in [9.17, 15) is 9.59 Å². The number of nitrogens with zero attached hydrogens (tertiary/aromatic N) is 2. The molecule has 146 valence electrons. The van der Waals surface area contributed by atoms with Gasteiger partial charge < -0.3 is 19.9 Å². The second-order valence-corrected chi connectivity index (χ2v) is 6.74. The highest BCUT2D eigenvalue weighted by Gasteiger charge is 2.20. The summed E-state index contributed by atoms with van der Waals surface area (Å²) in [6.45, 7) is 3.17. The molecule has 0 atom stereocenters. The molecule has 1 fully saturated rings. The SMILES string of the molecule is COc1ccccc1/C=C/C(=O)Nc1cccc(C(=O)N2CCN(C)CC2)c1. The van der Waals surface area contributed by atoms with E-state index in [1.165, 1.54) is 6.08 Å². The van der Waals surface area contributed by atoms with Gasteiger partial charge in [-0.2, -0.15) is 0 Å². The Labute approximate surface area is 165 Å². The van der Waals surface area contributed by atoms with Crippen LogP contribution in [0.5, 0.6) is 5.75 Å². The maximum absolute atomic E-state index is 12.7. The van der Waals surface area contributed by atoms with E-state index in [-0.39, 0.29) is 11.8 Å². The molecule has 28 heavy (non-hydrogen) atoms. The summed E-state index contributed by atoms with van der Waals surface area (Å²) in [5, 5.41) is 2.81. The van der Waals surface area contributed by atoms with Gasteiger partial charge in [0.15, 0.2) is 0 Å². The Morgan fingerprint density at radius 1 is 1.04 bits per heavy atom. The number of rotatable bonds is 5. The summed E-state index contributed by atoms with van der Waals surface area (Å²) in [5.74, 6) is 0.426. The van der Waals surface area contributed by atoms with Gasteiger partial charge in [0.25, 0.3) is 5.91 Å². The number of hydrogen-bond donors (Lipinski definition) is 1. The van der Waals surface area contributed by atoms with Crippen LogP contribution in [-0.4, -0.2) is 62.0 Å². The van der Waals surface area contributed by atoms with Gasteiger partial charge >= 0.3 is 0 Å². The number of nitrogens with one attached hydrogen (secondary N) is 1. The first-order valence-electron chi connectivity index (χ1n) is 9.27. The summed E-state index contributed by atoms with van der Waals surface area (Å²) in [5.41, 5.74) is 1.99. The molecule has 3 rings (SSSR count). The molecule has 0 radical (unpaired) electrons. The molecular weight excluding hydrogens is 354 g/mol. The minimum absolute atomic E-state index is 0.00578. The van der Waals surface area contributed by atoms with Gasteiger partial charge in [-0.25, -0.2) is 0 Å². The van der Waals surface area contributed by atoms with E-state index in [2.05, 4.69) is 17.3 Å². The quantitative estimate of drug-likeness (QED) is 0.812. The van der Waals surface area contributed by atoms with E-state index in [4.69, 9.17) is 4.74 Å². The minimum Gasteiger partial charge on any atom is -0.496 e. The van der Waals surface area contributed by atoms with Crippen LogP contribution in [-0.2, 0) is 4.79 Å². The molecule has 0 aliphatic carbocycles. The number of amides is 2. The van der Waals surface area contributed by atoms with E-state index in [1.807, 2.05) is 29.2 Å². The largest absolute Gasteiger partial charge is 0.496 e. The molecule has 2 amide bonds. The average Bonchev–Trinajstić information content (AvgIpc) is 2.72. The van der Waals surface area contributed by atoms with Crippen molar-refractivity contribution in [1.29, 1.82) is 0 Å². The van der Waals surface area contributed by atoms with Crippen molar-refractivity contribution < 1.29 is 14.3 Å². The number of para-hydroxylation sites is 1. The number of benzene rings is 2. The van der Waals surface area contributed by atoms with E-state index in [0.717, 1.165) is 18.7 Å². The van der Waals surface area contributed by atoms with E-state index >= 15 is 0 Å². The molecule has 2 aromatic rings. The van der Waals surface area contributed by atoms with Gasteiger partial charge in [0.05, 0.1) is 7.11 Å². The Kier molecular flexibility index (Phi) is 6.45. The molecule has 0 unspecified atom stereocenters. The van der Waals surface area contributed by atoms with Crippen molar-refractivity contribution in [2.75, 3.05) is 45.7 Å². The standard InChI is InChI=1S/C22H25N3O3/c1-24-12-14-25(15-13-24)22(27)18-7-5-8-19(16-18)23-21(26)11-10-17-6-3-4-9-20(17)28-2/h3-11,16H,12-15H2,1-2H3,(H,23,26)/b11-10+. The first-order chi connectivity index (χ1) is 13.6. The smallest absolute Gasteiger partial charge is 0.254 e. The molecule has 1 aliphatic rings. The van der Waals surface area contributed by atoms with Crippen LogP contribution >= 0.6 is 0 Å². The Morgan fingerprint density at radius 3 is 2.54 bits per heavy atom. The normalized spacial score (nSPS) is 14.9. The van der Waals surface area contributed by atoms with Crippen molar-refractivity contribution in [2.24, 2.45) is 0 Å². The molecule has 0 spiro atoms. The Bertz CT molecular complexity index is 871. The molecule has 0 bridgehead atoms. The molecule has 1 saturated heterocycles. The van der Waals surface area contributed by atoms with Gasteiger partial charge in [-0.05, 0) is 37.4 Å². The summed E-state index contributed by atoms with van der Waals surface area (Å²) in [4.78, 5) is 29.0. The van der Waals surface area contributed by atoms with Gasteiger partial charge in [0.1, 0.15) is 5.75 Å². The third-order valence-electron chi connectivity index (χ3n) is 4.72.